The van der Waals surface area contributed by atoms with Crippen LogP contribution >= 0.6 is 0 Å². The SMILES string of the molecule is CCCOc1ccc(/C(C)=N\NC(=O)OCC)cc1OCCC. The van der Waals surface area contributed by atoms with Crippen molar-refractivity contribution in [2.45, 2.75) is 40.5 Å². The molecule has 0 aliphatic carbocycles. The Kier molecular flexibility index (Phi) is 8.57. The Morgan fingerprint density at radius 2 is 1.74 bits per heavy atom. The van der Waals surface area contributed by atoms with Crippen LogP contribution in [0.1, 0.15) is 46.1 Å². The van der Waals surface area contributed by atoms with Gasteiger partial charge in [0.15, 0.2) is 11.5 Å². The molecule has 0 spiro atoms. The van der Waals surface area contributed by atoms with Crippen LogP contribution < -0.4 is 14.9 Å². The van der Waals surface area contributed by atoms with E-state index in [2.05, 4.69) is 17.5 Å². The lowest BCUT2D eigenvalue weighted by atomic mass is 10.1. The van der Waals surface area contributed by atoms with Crippen LogP contribution in [0, 0.1) is 0 Å². The number of hydrogen-bond donors (Lipinski definition) is 1. The monoisotopic (exact) mass is 322 g/mol. The molecule has 6 heteroatoms. The summed E-state index contributed by atoms with van der Waals surface area (Å²) in [5.74, 6) is 1.40. The van der Waals surface area contributed by atoms with E-state index < -0.39 is 6.09 Å². The summed E-state index contributed by atoms with van der Waals surface area (Å²) in [5, 5.41) is 4.02. The molecule has 1 aromatic carbocycles. The highest BCUT2D eigenvalue weighted by Crippen LogP contribution is 2.29. The molecule has 1 rings (SSSR count). The lowest BCUT2D eigenvalue weighted by Crippen LogP contribution is -2.20. The number of carbonyl (C=O) groups is 1. The fourth-order valence-corrected chi connectivity index (χ4v) is 1.75. The number of hydrazone groups is 1. The van der Waals surface area contributed by atoms with Gasteiger partial charge in [-0.1, -0.05) is 13.8 Å². The number of benzene rings is 1. The zero-order valence-electron chi connectivity index (χ0n) is 14.3. The Morgan fingerprint density at radius 3 is 2.35 bits per heavy atom. The minimum absolute atomic E-state index is 0.304. The molecule has 0 radical (unpaired) electrons. The molecule has 1 aromatic rings. The smallest absolute Gasteiger partial charge is 0.427 e. The summed E-state index contributed by atoms with van der Waals surface area (Å²) in [6.45, 7) is 9.20. The normalized spacial score (nSPS) is 11.0. The maximum atomic E-state index is 11.3. The summed E-state index contributed by atoms with van der Waals surface area (Å²) in [5.41, 5.74) is 3.85. The molecule has 0 atom stereocenters. The first-order valence-electron chi connectivity index (χ1n) is 7.99. The van der Waals surface area contributed by atoms with E-state index in [1.807, 2.05) is 25.1 Å². The Balaban J connectivity index is 2.89. The lowest BCUT2D eigenvalue weighted by molar-refractivity contribution is 0.152. The Bertz CT molecular complexity index is 529. The molecule has 0 unspecified atom stereocenters. The van der Waals surface area contributed by atoms with E-state index in [1.54, 1.807) is 13.8 Å². The fraction of sp³-hybridized carbons (Fsp3) is 0.529. The van der Waals surface area contributed by atoms with E-state index in [9.17, 15) is 4.79 Å². The molecule has 0 aliphatic heterocycles. The molecule has 1 N–H and O–H groups in total. The second-order valence-electron chi connectivity index (χ2n) is 4.89. The van der Waals surface area contributed by atoms with Gasteiger partial charge in [0.1, 0.15) is 0 Å². The van der Waals surface area contributed by atoms with E-state index in [-0.39, 0.29) is 0 Å². The van der Waals surface area contributed by atoms with E-state index in [4.69, 9.17) is 14.2 Å². The molecule has 0 saturated carbocycles. The van der Waals surface area contributed by atoms with E-state index in [0.29, 0.717) is 31.3 Å². The third-order valence-corrected chi connectivity index (χ3v) is 2.88. The Hall–Kier alpha value is -2.24. The highest BCUT2D eigenvalue weighted by atomic mass is 16.5. The minimum Gasteiger partial charge on any atom is -0.490 e. The van der Waals surface area contributed by atoms with Gasteiger partial charge in [0.2, 0.25) is 0 Å². The number of carbonyl (C=O) groups excluding carboxylic acids is 1. The van der Waals surface area contributed by atoms with Crippen LogP contribution in [0.2, 0.25) is 0 Å². The predicted molar refractivity (Wildman–Crippen MR) is 90.4 cm³/mol. The summed E-state index contributed by atoms with van der Waals surface area (Å²) in [6.07, 6.45) is 1.27. The van der Waals surface area contributed by atoms with Gasteiger partial charge < -0.3 is 14.2 Å². The van der Waals surface area contributed by atoms with Crippen LogP contribution in [0.15, 0.2) is 23.3 Å². The van der Waals surface area contributed by atoms with Gasteiger partial charge in [-0.2, -0.15) is 5.10 Å². The van der Waals surface area contributed by atoms with Crippen molar-refractivity contribution in [1.29, 1.82) is 0 Å². The van der Waals surface area contributed by atoms with Crippen LogP contribution in [0.3, 0.4) is 0 Å². The van der Waals surface area contributed by atoms with Crippen molar-refractivity contribution in [3.8, 4) is 11.5 Å². The largest absolute Gasteiger partial charge is 0.490 e. The van der Waals surface area contributed by atoms with Crippen molar-refractivity contribution in [1.82, 2.24) is 5.43 Å². The van der Waals surface area contributed by atoms with Crippen LogP contribution in [0.4, 0.5) is 4.79 Å². The summed E-state index contributed by atoms with van der Waals surface area (Å²) in [6, 6.07) is 5.61. The standard InChI is InChI=1S/C17H26N2O4/c1-5-10-22-15-9-8-14(12-16(15)23-11-6-2)13(4)18-19-17(20)21-7-3/h8-9,12H,5-7,10-11H2,1-4H3,(H,19,20)/b18-13-. The van der Waals surface area contributed by atoms with Gasteiger partial charge in [0, 0.05) is 5.56 Å². The van der Waals surface area contributed by atoms with Crippen LogP contribution in [0.5, 0.6) is 11.5 Å². The molecule has 1 amide bonds. The predicted octanol–water partition coefficient (Wildman–Crippen LogP) is 3.73. The molecule has 23 heavy (non-hydrogen) atoms. The van der Waals surface area contributed by atoms with Crippen LogP contribution in [0.25, 0.3) is 0 Å². The van der Waals surface area contributed by atoms with Crippen molar-refractivity contribution in [2.75, 3.05) is 19.8 Å². The zero-order valence-corrected chi connectivity index (χ0v) is 14.3. The van der Waals surface area contributed by atoms with Gasteiger partial charge >= 0.3 is 6.09 Å². The molecular weight excluding hydrogens is 296 g/mol. The van der Waals surface area contributed by atoms with Gasteiger partial charge in [0.25, 0.3) is 0 Å². The second kappa shape index (κ2) is 10.5. The second-order valence-corrected chi connectivity index (χ2v) is 4.89. The van der Waals surface area contributed by atoms with Crippen molar-refractivity contribution in [3.63, 3.8) is 0 Å². The maximum absolute atomic E-state index is 11.3. The third kappa shape index (κ3) is 6.59. The quantitative estimate of drug-likeness (QED) is 0.555. The molecule has 0 bridgehead atoms. The van der Waals surface area contributed by atoms with Gasteiger partial charge in [-0.15, -0.1) is 0 Å². The molecule has 0 fully saturated rings. The summed E-state index contributed by atoms with van der Waals surface area (Å²) in [7, 11) is 0. The lowest BCUT2D eigenvalue weighted by Gasteiger charge is -2.13. The number of nitrogens with one attached hydrogen (secondary N) is 1. The summed E-state index contributed by atoms with van der Waals surface area (Å²) < 4.78 is 16.2. The minimum atomic E-state index is -0.572. The average Bonchev–Trinajstić information content (AvgIpc) is 2.56. The highest BCUT2D eigenvalue weighted by molar-refractivity contribution is 5.99. The van der Waals surface area contributed by atoms with E-state index in [0.717, 1.165) is 24.2 Å². The maximum Gasteiger partial charge on any atom is 0.427 e. The van der Waals surface area contributed by atoms with Gasteiger partial charge in [0.05, 0.1) is 25.5 Å². The van der Waals surface area contributed by atoms with Gasteiger partial charge in [-0.3, -0.25) is 0 Å². The number of nitrogens with zero attached hydrogens (tertiary/aromatic N) is 1. The first kappa shape index (κ1) is 18.8. The molecule has 128 valence electrons. The first-order valence-corrected chi connectivity index (χ1v) is 7.99. The van der Waals surface area contributed by atoms with Crippen molar-refractivity contribution in [3.05, 3.63) is 23.8 Å². The Labute approximate surface area is 137 Å². The average molecular weight is 322 g/mol. The number of ether oxygens (including phenoxy) is 3. The number of hydrogen-bond acceptors (Lipinski definition) is 5. The van der Waals surface area contributed by atoms with Gasteiger partial charge in [-0.05, 0) is 44.9 Å². The van der Waals surface area contributed by atoms with Crippen LogP contribution in [-0.2, 0) is 4.74 Å². The van der Waals surface area contributed by atoms with Crippen LogP contribution in [-0.4, -0.2) is 31.6 Å². The molecule has 6 nitrogen and oxygen atoms in total. The number of amides is 1. The summed E-state index contributed by atoms with van der Waals surface area (Å²) >= 11 is 0. The molecule has 0 aliphatic rings. The highest BCUT2D eigenvalue weighted by Gasteiger charge is 2.09. The molecule has 0 saturated heterocycles. The summed E-state index contributed by atoms with van der Waals surface area (Å²) in [4.78, 5) is 11.3. The Morgan fingerprint density at radius 1 is 1.09 bits per heavy atom. The van der Waals surface area contributed by atoms with E-state index >= 15 is 0 Å². The third-order valence-electron chi connectivity index (χ3n) is 2.88. The van der Waals surface area contributed by atoms with E-state index in [1.165, 1.54) is 0 Å². The van der Waals surface area contributed by atoms with Crippen molar-refractivity contribution < 1.29 is 19.0 Å². The molecular formula is C17H26N2O4. The van der Waals surface area contributed by atoms with Crippen molar-refractivity contribution in [2.24, 2.45) is 5.10 Å². The van der Waals surface area contributed by atoms with Crippen molar-refractivity contribution >= 4 is 11.8 Å². The zero-order chi connectivity index (χ0) is 17.1. The number of rotatable bonds is 9. The topological polar surface area (TPSA) is 69.2 Å². The molecule has 0 aromatic heterocycles. The fourth-order valence-electron chi connectivity index (χ4n) is 1.75. The van der Waals surface area contributed by atoms with Gasteiger partial charge in [-0.25, -0.2) is 10.2 Å². The molecule has 0 heterocycles. The first-order chi connectivity index (χ1) is 11.1.